The first-order valence-corrected chi connectivity index (χ1v) is 2.93. The summed E-state index contributed by atoms with van der Waals surface area (Å²) in [5.41, 5.74) is 0.991. The van der Waals surface area contributed by atoms with Crippen molar-refractivity contribution in [3.05, 3.63) is 18.2 Å². The van der Waals surface area contributed by atoms with E-state index in [1.807, 2.05) is 0 Å². The zero-order valence-corrected chi connectivity index (χ0v) is 5.57. The third-order valence-electron chi connectivity index (χ3n) is 1.11. The molecule has 0 bridgehead atoms. The first-order chi connectivity index (χ1) is 4.30. The molecule has 1 aromatic heterocycles. The summed E-state index contributed by atoms with van der Waals surface area (Å²) in [7, 11) is 0. The van der Waals surface area contributed by atoms with Gasteiger partial charge in [-0.05, 0) is 5.92 Å². The van der Waals surface area contributed by atoms with E-state index in [9.17, 15) is 0 Å². The largest absolute Gasteiger partial charge is 0.238 e. The zero-order valence-electron chi connectivity index (χ0n) is 5.57. The fourth-order valence-electron chi connectivity index (χ4n) is 0.546. The Morgan fingerprint density at radius 3 is 2.44 bits per heavy atom. The molecule has 0 N–H and O–H groups in total. The third-order valence-corrected chi connectivity index (χ3v) is 1.11. The molecule has 1 aromatic rings. The maximum atomic E-state index is 4.00. The van der Waals surface area contributed by atoms with Crippen molar-refractivity contribution < 1.29 is 0 Å². The number of nitrogens with zero attached hydrogens (tertiary/aromatic N) is 3. The summed E-state index contributed by atoms with van der Waals surface area (Å²) in [4.78, 5) is 4.00. The average molecular weight is 123 g/mol. The van der Waals surface area contributed by atoms with Crippen molar-refractivity contribution in [2.24, 2.45) is 0 Å². The van der Waals surface area contributed by atoms with Crippen LogP contribution in [0.2, 0.25) is 0 Å². The third kappa shape index (κ3) is 1.45. The van der Waals surface area contributed by atoms with Crippen LogP contribution in [0, 0.1) is 0 Å². The second-order valence-corrected chi connectivity index (χ2v) is 2.18. The normalized spacial score (nSPS) is 10.1. The monoisotopic (exact) mass is 123 g/mol. The fourth-order valence-corrected chi connectivity index (χ4v) is 0.546. The Morgan fingerprint density at radius 2 is 2.11 bits per heavy atom. The summed E-state index contributed by atoms with van der Waals surface area (Å²) in [6.45, 7) is 4.15. The van der Waals surface area contributed by atoms with E-state index in [-0.39, 0.29) is 0 Å². The second kappa shape index (κ2) is 2.53. The first kappa shape index (κ1) is 6.13. The highest BCUT2D eigenvalue weighted by molar-refractivity contribution is 4.96. The van der Waals surface area contributed by atoms with Crippen LogP contribution in [-0.4, -0.2) is 15.2 Å². The molecule has 1 rings (SSSR count). The Bertz CT molecular complexity index is 171. The first-order valence-electron chi connectivity index (χ1n) is 2.93. The van der Waals surface area contributed by atoms with Crippen LogP contribution >= 0.6 is 0 Å². The van der Waals surface area contributed by atoms with Gasteiger partial charge < -0.3 is 0 Å². The molecule has 0 atom stereocenters. The summed E-state index contributed by atoms with van der Waals surface area (Å²) in [6, 6.07) is 0. The average Bonchev–Trinajstić information content (AvgIpc) is 1.90. The van der Waals surface area contributed by atoms with Crippen LogP contribution in [0.4, 0.5) is 0 Å². The van der Waals surface area contributed by atoms with Crippen LogP contribution < -0.4 is 0 Å². The van der Waals surface area contributed by atoms with Crippen LogP contribution in [0.5, 0.6) is 0 Å². The predicted molar refractivity (Wildman–Crippen MR) is 33.9 cm³/mol. The minimum absolute atomic E-state index is 0.445. The lowest BCUT2D eigenvalue weighted by Crippen LogP contribution is -1.93. The van der Waals surface area contributed by atoms with Crippen molar-refractivity contribution in [2.45, 2.75) is 19.8 Å². The van der Waals surface area contributed by atoms with E-state index in [1.165, 1.54) is 6.33 Å². The standard InChI is InChI=1S/C6H9N3/c1-5(2)6-3-8-9-4-7-6/h3-5H,1-2H3. The molecule has 0 saturated carbocycles. The van der Waals surface area contributed by atoms with Gasteiger partial charge in [0.25, 0.3) is 0 Å². The maximum Gasteiger partial charge on any atom is 0.138 e. The summed E-state index contributed by atoms with van der Waals surface area (Å²) in [5.74, 6) is 0.445. The Morgan fingerprint density at radius 1 is 1.33 bits per heavy atom. The lowest BCUT2D eigenvalue weighted by Gasteiger charge is -1.98. The van der Waals surface area contributed by atoms with Crippen molar-refractivity contribution in [3.8, 4) is 0 Å². The molecule has 0 spiro atoms. The second-order valence-electron chi connectivity index (χ2n) is 2.18. The van der Waals surface area contributed by atoms with Crippen LogP contribution in [0.3, 0.4) is 0 Å². The van der Waals surface area contributed by atoms with Crippen molar-refractivity contribution in [2.75, 3.05) is 0 Å². The Hall–Kier alpha value is -0.990. The van der Waals surface area contributed by atoms with Crippen molar-refractivity contribution in [1.29, 1.82) is 0 Å². The van der Waals surface area contributed by atoms with Gasteiger partial charge in [-0.15, -0.1) is 5.10 Å². The summed E-state index contributed by atoms with van der Waals surface area (Å²) >= 11 is 0. The molecule has 0 amide bonds. The fraction of sp³-hybridized carbons (Fsp3) is 0.500. The summed E-state index contributed by atoms with van der Waals surface area (Å²) in [5, 5.41) is 7.26. The Kier molecular flexibility index (Phi) is 1.72. The van der Waals surface area contributed by atoms with E-state index in [4.69, 9.17) is 0 Å². The highest BCUT2D eigenvalue weighted by atomic mass is 15.1. The van der Waals surface area contributed by atoms with E-state index in [2.05, 4.69) is 29.0 Å². The molecule has 1 heterocycles. The molecule has 3 heteroatoms. The summed E-state index contributed by atoms with van der Waals surface area (Å²) in [6.07, 6.45) is 3.15. The van der Waals surface area contributed by atoms with Crippen LogP contribution in [-0.2, 0) is 0 Å². The lowest BCUT2D eigenvalue weighted by atomic mass is 10.1. The predicted octanol–water partition coefficient (Wildman–Crippen LogP) is 0.995. The molecular weight excluding hydrogens is 114 g/mol. The van der Waals surface area contributed by atoms with E-state index in [0.29, 0.717) is 5.92 Å². The molecule has 0 aliphatic rings. The molecule has 0 unspecified atom stereocenters. The molecule has 0 aromatic carbocycles. The van der Waals surface area contributed by atoms with Gasteiger partial charge in [0.1, 0.15) is 6.33 Å². The number of hydrogen-bond acceptors (Lipinski definition) is 3. The van der Waals surface area contributed by atoms with Crippen molar-refractivity contribution in [3.63, 3.8) is 0 Å². The minimum Gasteiger partial charge on any atom is -0.238 e. The van der Waals surface area contributed by atoms with Gasteiger partial charge in [0.15, 0.2) is 0 Å². The molecule has 3 nitrogen and oxygen atoms in total. The van der Waals surface area contributed by atoms with Gasteiger partial charge in [0.05, 0.1) is 11.9 Å². The molecule has 0 fully saturated rings. The van der Waals surface area contributed by atoms with Gasteiger partial charge in [-0.2, -0.15) is 5.10 Å². The lowest BCUT2D eigenvalue weighted by molar-refractivity contribution is 0.785. The number of hydrogen-bond donors (Lipinski definition) is 0. The van der Waals surface area contributed by atoms with Gasteiger partial charge >= 0.3 is 0 Å². The van der Waals surface area contributed by atoms with E-state index < -0.39 is 0 Å². The molecule has 0 radical (unpaired) electrons. The summed E-state index contributed by atoms with van der Waals surface area (Å²) < 4.78 is 0. The van der Waals surface area contributed by atoms with Crippen LogP contribution in [0.15, 0.2) is 12.5 Å². The van der Waals surface area contributed by atoms with Gasteiger partial charge in [0.2, 0.25) is 0 Å². The van der Waals surface area contributed by atoms with Crippen LogP contribution in [0.25, 0.3) is 0 Å². The smallest absolute Gasteiger partial charge is 0.138 e. The van der Waals surface area contributed by atoms with E-state index in [1.54, 1.807) is 6.20 Å². The molecule has 48 valence electrons. The van der Waals surface area contributed by atoms with Crippen molar-refractivity contribution in [1.82, 2.24) is 15.2 Å². The van der Waals surface area contributed by atoms with Gasteiger partial charge in [-0.25, -0.2) is 4.98 Å². The molecule has 0 saturated heterocycles. The Labute approximate surface area is 54.2 Å². The van der Waals surface area contributed by atoms with E-state index >= 15 is 0 Å². The molecule has 9 heavy (non-hydrogen) atoms. The zero-order chi connectivity index (χ0) is 6.69. The topological polar surface area (TPSA) is 38.7 Å². The Balaban J connectivity index is 2.85. The van der Waals surface area contributed by atoms with E-state index in [0.717, 1.165) is 5.69 Å². The van der Waals surface area contributed by atoms with Crippen molar-refractivity contribution >= 4 is 0 Å². The van der Waals surface area contributed by atoms with Crippen LogP contribution in [0.1, 0.15) is 25.5 Å². The SMILES string of the molecule is CC(C)c1cnncn1. The quantitative estimate of drug-likeness (QED) is 0.559. The highest BCUT2D eigenvalue weighted by Gasteiger charge is 1.97. The maximum absolute atomic E-state index is 4.00. The van der Waals surface area contributed by atoms with Gasteiger partial charge in [-0.1, -0.05) is 13.8 Å². The molecular formula is C6H9N3. The number of rotatable bonds is 1. The van der Waals surface area contributed by atoms with Gasteiger partial charge in [-0.3, -0.25) is 0 Å². The van der Waals surface area contributed by atoms with Gasteiger partial charge in [0, 0.05) is 0 Å². The highest BCUT2D eigenvalue weighted by Crippen LogP contribution is 2.06. The molecule has 0 aliphatic carbocycles. The number of aromatic nitrogens is 3. The minimum atomic E-state index is 0.445. The molecule has 0 aliphatic heterocycles.